The second-order valence-electron chi connectivity index (χ2n) is 2.94. The fourth-order valence-electron chi connectivity index (χ4n) is 1.15. The number of aromatic nitrogens is 1. The zero-order valence-electron chi connectivity index (χ0n) is 8.95. The molecule has 0 saturated heterocycles. The first-order chi connectivity index (χ1) is 7.79. The van der Waals surface area contributed by atoms with Crippen molar-refractivity contribution in [2.45, 2.75) is 9.10 Å². The summed E-state index contributed by atoms with van der Waals surface area (Å²) in [6, 6.07) is 7.32. The molecule has 90 valence electrons. The lowest BCUT2D eigenvalue weighted by Gasteiger charge is -2.00. The molecule has 2 aromatic rings. The first-order valence-corrected chi connectivity index (χ1v) is 6.24. The maximum absolute atomic E-state index is 11.2. The zero-order chi connectivity index (χ0) is 11.4. The zero-order valence-corrected chi connectivity index (χ0v) is 11.4. The molecule has 6 heteroatoms. The predicted molar refractivity (Wildman–Crippen MR) is 71.3 cm³/mol. The van der Waals surface area contributed by atoms with E-state index >= 15 is 0 Å². The number of methoxy groups -OCH3 is 1. The molecule has 2 rings (SSSR count). The Morgan fingerprint density at radius 1 is 1.35 bits per heavy atom. The molecule has 0 radical (unpaired) electrons. The summed E-state index contributed by atoms with van der Waals surface area (Å²) in [6.07, 6.45) is 1.82. The third-order valence-electron chi connectivity index (χ3n) is 1.90. The highest BCUT2D eigenvalue weighted by atomic mass is 35.5. The third-order valence-corrected chi connectivity index (χ3v) is 3.82. The summed E-state index contributed by atoms with van der Waals surface area (Å²) in [5, 5.41) is 0. The molecule has 3 nitrogen and oxygen atoms in total. The second kappa shape index (κ2) is 6.64. The molecule has 0 amide bonds. The summed E-state index contributed by atoms with van der Waals surface area (Å²) in [4.78, 5) is 16.3. The molecule has 0 spiro atoms. The van der Waals surface area contributed by atoms with E-state index in [1.807, 2.05) is 18.3 Å². The van der Waals surface area contributed by atoms with E-state index in [0.29, 0.717) is 5.56 Å². The van der Waals surface area contributed by atoms with Crippen LogP contribution in [0.2, 0.25) is 0 Å². The molecular formula is C11H10ClNO2S2. The van der Waals surface area contributed by atoms with Crippen molar-refractivity contribution in [2.75, 3.05) is 7.11 Å². The Hall–Kier alpha value is -1.04. The lowest BCUT2D eigenvalue weighted by Crippen LogP contribution is -2.00. The van der Waals surface area contributed by atoms with Crippen LogP contribution in [-0.4, -0.2) is 18.1 Å². The minimum absolute atomic E-state index is 0. The molecule has 17 heavy (non-hydrogen) atoms. The number of hydrogen-bond acceptors (Lipinski definition) is 5. The Labute approximate surface area is 114 Å². The Morgan fingerprint density at radius 2 is 2.06 bits per heavy atom. The Balaban J connectivity index is 0.00000144. The minimum atomic E-state index is -0.311. The first kappa shape index (κ1) is 14.0. The van der Waals surface area contributed by atoms with Gasteiger partial charge in [-0.05, 0) is 24.3 Å². The summed E-state index contributed by atoms with van der Waals surface area (Å²) in [5.74, 6) is -0.311. The summed E-state index contributed by atoms with van der Waals surface area (Å²) >= 11 is 3.22. The van der Waals surface area contributed by atoms with Crippen LogP contribution in [0.5, 0.6) is 0 Å². The minimum Gasteiger partial charge on any atom is -0.465 e. The molecule has 0 aliphatic carbocycles. The van der Waals surface area contributed by atoms with Crippen LogP contribution in [0.15, 0.2) is 45.1 Å². The molecular weight excluding hydrogens is 278 g/mol. The molecule has 1 heterocycles. The normalized spacial score (nSPS) is 9.47. The van der Waals surface area contributed by atoms with Gasteiger partial charge in [-0.3, -0.25) is 4.98 Å². The number of thiazole rings is 1. The van der Waals surface area contributed by atoms with Crippen molar-refractivity contribution >= 4 is 41.5 Å². The number of hydrogen-bond donors (Lipinski definition) is 0. The van der Waals surface area contributed by atoms with E-state index in [9.17, 15) is 4.79 Å². The van der Waals surface area contributed by atoms with Crippen LogP contribution < -0.4 is 0 Å². The number of ether oxygens (including phenoxy) is 1. The van der Waals surface area contributed by atoms with E-state index in [1.54, 1.807) is 40.7 Å². The molecule has 0 aliphatic rings. The highest BCUT2D eigenvalue weighted by Gasteiger charge is 2.05. The monoisotopic (exact) mass is 287 g/mol. The van der Waals surface area contributed by atoms with Crippen LogP contribution in [0.1, 0.15) is 10.4 Å². The molecule has 0 aliphatic heterocycles. The van der Waals surface area contributed by atoms with Gasteiger partial charge in [-0.2, -0.15) is 0 Å². The average Bonchev–Trinajstić information content (AvgIpc) is 2.82. The van der Waals surface area contributed by atoms with Crippen LogP contribution in [0.25, 0.3) is 0 Å². The summed E-state index contributed by atoms with van der Waals surface area (Å²) in [6.45, 7) is 0. The highest BCUT2D eigenvalue weighted by molar-refractivity contribution is 8.01. The number of carbonyl (C=O) groups is 1. The average molecular weight is 288 g/mol. The van der Waals surface area contributed by atoms with Gasteiger partial charge in [0.05, 0.1) is 28.6 Å². The van der Waals surface area contributed by atoms with Gasteiger partial charge < -0.3 is 4.74 Å². The number of rotatable bonds is 3. The van der Waals surface area contributed by atoms with Crippen molar-refractivity contribution in [3.63, 3.8) is 0 Å². The summed E-state index contributed by atoms with van der Waals surface area (Å²) in [7, 11) is 1.38. The molecule has 0 N–H and O–H groups in total. The SMILES string of the molecule is COC(=O)c1ccc(Sc2cncs2)cc1.Cl. The number of carbonyl (C=O) groups excluding carboxylic acids is 1. The van der Waals surface area contributed by atoms with Crippen molar-refractivity contribution in [3.8, 4) is 0 Å². The van der Waals surface area contributed by atoms with E-state index in [-0.39, 0.29) is 18.4 Å². The fraction of sp³-hybridized carbons (Fsp3) is 0.0909. The smallest absolute Gasteiger partial charge is 0.337 e. The maximum Gasteiger partial charge on any atom is 0.337 e. The fourth-order valence-corrected chi connectivity index (χ4v) is 2.72. The van der Waals surface area contributed by atoms with Gasteiger partial charge in [0, 0.05) is 4.90 Å². The number of esters is 1. The summed E-state index contributed by atoms with van der Waals surface area (Å²) < 4.78 is 5.76. The Morgan fingerprint density at radius 3 is 2.59 bits per heavy atom. The third kappa shape index (κ3) is 3.73. The van der Waals surface area contributed by atoms with Crippen molar-refractivity contribution in [1.29, 1.82) is 0 Å². The van der Waals surface area contributed by atoms with Gasteiger partial charge in [-0.15, -0.1) is 23.7 Å². The van der Waals surface area contributed by atoms with Gasteiger partial charge in [0.2, 0.25) is 0 Å². The number of benzene rings is 1. The van der Waals surface area contributed by atoms with Crippen LogP contribution in [0.3, 0.4) is 0 Å². The highest BCUT2D eigenvalue weighted by Crippen LogP contribution is 2.30. The van der Waals surface area contributed by atoms with E-state index < -0.39 is 0 Å². The quantitative estimate of drug-likeness (QED) is 0.810. The largest absolute Gasteiger partial charge is 0.465 e. The summed E-state index contributed by atoms with van der Waals surface area (Å²) in [5.41, 5.74) is 2.36. The molecule has 1 aromatic carbocycles. The first-order valence-electron chi connectivity index (χ1n) is 4.54. The van der Waals surface area contributed by atoms with Crippen LogP contribution >= 0.6 is 35.5 Å². The van der Waals surface area contributed by atoms with E-state index in [0.717, 1.165) is 9.10 Å². The van der Waals surface area contributed by atoms with Crippen molar-refractivity contribution in [1.82, 2.24) is 4.98 Å². The number of halogens is 1. The molecule has 1 aromatic heterocycles. The van der Waals surface area contributed by atoms with Gasteiger partial charge in [0.15, 0.2) is 0 Å². The molecule has 0 bridgehead atoms. The lowest BCUT2D eigenvalue weighted by atomic mass is 10.2. The number of nitrogens with zero attached hydrogens (tertiary/aromatic N) is 1. The van der Waals surface area contributed by atoms with Gasteiger partial charge >= 0.3 is 5.97 Å². The molecule has 0 fully saturated rings. The molecule has 0 unspecified atom stereocenters. The standard InChI is InChI=1S/C11H9NO2S2.ClH/c1-14-11(13)8-2-4-9(5-3-8)16-10-6-12-7-15-10;/h2-7H,1H3;1H. The Kier molecular flexibility index (Phi) is 5.47. The van der Waals surface area contributed by atoms with E-state index in [1.165, 1.54) is 7.11 Å². The van der Waals surface area contributed by atoms with Gasteiger partial charge in [0.1, 0.15) is 0 Å². The van der Waals surface area contributed by atoms with Gasteiger partial charge in [-0.25, -0.2) is 4.79 Å². The maximum atomic E-state index is 11.2. The van der Waals surface area contributed by atoms with Crippen molar-refractivity contribution < 1.29 is 9.53 Å². The molecule has 0 atom stereocenters. The predicted octanol–water partition coefficient (Wildman–Crippen LogP) is 3.50. The van der Waals surface area contributed by atoms with Crippen molar-refractivity contribution in [3.05, 3.63) is 41.5 Å². The lowest BCUT2D eigenvalue weighted by molar-refractivity contribution is 0.0600. The van der Waals surface area contributed by atoms with E-state index in [4.69, 9.17) is 0 Å². The van der Waals surface area contributed by atoms with Crippen LogP contribution in [0, 0.1) is 0 Å². The van der Waals surface area contributed by atoms with Gasteiger partial charge in [0.25, 0.3) is 0 Å². The topological polar surface area (TPSA) is 39.2 Å². The van der Waals surface area contributed by atoms with Crippen molar-refractivity contribution in [2.24, 2.45) is 0 Å². The van der Waals surface area contributed by atoms with Gasteiger partial charge in [-0.1, -0.05) is 11.8 Å². The Bertz CT molecular complexity index is 471. The van der Waals surface area contributed by atoms with E-state index in [2.05, 4.69) is 9.72 Å². The van der Waals surface area contributed by atoms with Crippen LogP contribution in [-0.2, 0) is 4.74 Å². The van der Waals surface area contributed by atoms with Crippen LogP contribution in [0.4, 0.5) is 0 Å². The second-order valence-corrected chi connectivity index (χ2v) is 5.20. The molecule has 0 saturated carbocycles.